The molecule has 5 rings (SSSR count). The van der Waals surface area contributed by atoms with Gasteiger partial charge in [-0.15, -0.1) is 6.58 Å². The van der Waals surface area contributed by atoms with Gasteiger partial charge < -0.3 is 25.2 Å². The van der Waals surface area contributed by atoms with Crippen molar-refractivity contribution in [3.05, 3.63) is 121 Å². The van der Waals surface area contributed by atoms with E-state index in [2.05, 4.69) is 21.9 Å². The van der Waals surface area contributed by atoms with Gasteiger partial charge in [0.05, 0.1) is 6.54 Å². The molecule has 1 aliphatic heterocycles. The van der Waals surface area contributed by atoms with Crippen LogP contribution < -0.4 is 5.32 Å². The summed E-state index contributed by atoms with van der Waals surface area (Å²) >= 11 is 0. The Labute approximate surface area is 268 Å². The number of aromatic amines is 1. The van der Waals surface area contributed by atoms with Crippen LogP contribution in [0.25, 0.3) is 11.4 Å². The van der Waals surface area contributed by atoms with Crippen LogP contribution in [0.5, 0.6) is 5.75 Å². The van der Waals surface area contributed by atoms with Crippen molar-refractivity contribution in [3.8, 4) is 17.1 Å². The highest BCUT2D eigenvalue weighted by atomic mass is 16.3. The minimum Gasteiger partial charge on any atom is -0.508 e. The number of imidazole rings is 1. The highest BCUT2D eigenvalue weighted by Crippen LogP contribution is 2.25. The summed E-state index contributed by atoms with van der Waals surface area (Å²) in [4.78, 5) is 52.4. The number of aromatic nitrogens is 2. The number of amides is 4. The molecule has 4 aromatic rings. The van der Waals surface area contributed by atoms with E-state index in [0.29, 0.717) is 13.1 Å². The first-order chi connectivity index (χ1) is 22.2. The van der Waals surface area contributed by atoms with E-state index in [1.165, 1.54) is 9.91 Å². The number of nitrogens with one attached hydrogen (secondary N) is 2. The fraction of sp³-hybridized carbons (Fsp3) is 0.257. The molecule has 1 saturated heterocycles. The van der Waals surface area contributed by atoms with E-state index in [9.17, 15) is 19.5 Å². The minimum atomic E-state index is -0.930. The van der Waals surface area contributed by atoms with Crippen LogP contribution in [0.3, 0.4) is 0 Å². The fourth-order valence-electron chi connectivity index (χ4n) is 5.77. The number of hydrogen-bond acceptors (Lipinski definition) is 6. The zero-order valence-electron chi connectivity index (χ0n) is 26.0. The number of hydrazine groups is 1. The highest BCUT2D eigenvalue weighted by Gasteiger charge is 2.44. The number of aromatic hydroxyl groups is 1. The van der Waals surface area contributed by atoms with Gasteiger partial charge in [0.1, 0.15) is 23.8 Å². The quantitative estimate of drug-likeness (QED) is 0.216. The van der Waals surface area contributed by atoms with E-state index in [0.717, 1.165) is 28.1 Å². The molecule has 46 heavy (non-hydrogen) atoms. The summed E-state index contributed by atoms with van der Waals surface area (Å²) in [5.74, 6) is 0.262. The SMILES string of the molecule is C=CCN1CC(=O)N([C@@H](Cc2ccc(O)cc2)C(=O)N(C)Cc2cccc(-c3ncc[nH]3)c2)[C@H](C)N1C(=O)NCc1ccccc1. The Bertz CT molecular complexity index is 1640. The van der Waals surface area contributed by atoms with Crippen LogP contribution in [0, 0.1) is 0 Å². The maximum Gasteiger partial charge on any atom is 0.334 e. The smallest absolute Gasteiger partial charge is 0.334 e. The molecular weight excluding hydrogens is 582 g/mol. The number of urea groups is 1. The molecule has 0 aliphatic carbocycles. The van der Waals surface area contributed by atoms with Crippen molar-refractivity contribution in [2.24, 2.45) is 0 Å². The molecule has 0 saturated carbocycles. The third kappa shape index (κ3) is 7.44. The Morgan fingerprint density at radius 2 is 1.83 bits per heavy atom. The first-order valence-corrected chi connectivity index (χ1v) is 15.1. The van der Waals surface area contributed by atoms with E-state index in [4.69, 9.17) is 0 Å². The lowest BCUT2D eigenvalue weighted by molar-refractivity contribution is -0.173. The number of hydrogen-bond donors (Lipinski definition) is 3. The zero-order valence-corrected chi connectivity index (χ0v) is 26.0. The molecule has 2 heterocycles. The van der Waals surface area contributed by atoms with Crippen molar-refractivity contribution in [1.29, 1.82) is 0 Å². The Balaban J connectivity index is 1.42. The molecule has 0 spiro atoms. The van der Waals surface area contributed by atoms with Crippen molar-refractivity contribution in [2.75, 3.05) is 20.1 Å². The van der Waals surface area contributed by atoms with Gasteiger partial charge in [-0.2, -0.15) is 0 Å². The van der Waals surface area contributed by atoms with E-state index < -0.39 is 18.2 Å². The average molecular weight is 622 g/mol. The van der Waals surface area contributed by atoms with Gasteiger partial charge in [0.25, 0.3) is 0 Å². The van der Waals surface area contributed by atoms with E-state index in [1.807, 2.05) is 54.6 Å². The van der Waals surface area contributed by atoms with E-state index >= 15 is 0 Å². The standard InChI is InChI=1S/C35H39N7O4/c1-4-19-40-24-32(44)41(25(2)42(40)35(46)38-22-27-9-6-5-7-10-27)31(21-26-13-15-30(43)16-14-26)34(45)39(3)23-28-11-8-12-29(20-28)33-36-17-18-37-33/h4-18,20,25,31,43H,1,19,21-24H2,2-3H3,(H,36,37)(H,38,46)/t25-,31-/m0/s1. The van der Waals surface area contributed by atoms with Crippen LogP contribution in [-0.2, 0) is 29.1 Å². The molecule has 2 atom stereocenters. The van der Waals surface area contributed by atoms with Crippen LogP contribution in [0.15, 0.2) is 104 Å². The molecule has 1 fully saturated rings. The van der Waals surface area contributed by atoms with Crippen LogP contribution in [-0.4, -0.2) is 85.1 Å². The summed E-state index contributed by atoms with van der Waals surface area (Å²) in [5, 5.41) is 16.0. The zero-order chi connectivity index (χ0) is 32.6. The van der Waals surface area contributed by atoms with Gasteiger partial charge in [0, 0.05) is 51.1 Å². The van der Waals surface area contributed by atoms with Gasteiger partial charge in [-0.05, 0) is 41.8 Å². The Hall–Kier alpha value is -5.42. The molecule has 3 N–H and O–H groups in total. The molecular formula is C35H39N7O4. The Kier molecular flexibility index (Phi) is 10.1. The fourth-order valence-corrected chi connectivity index (χ4v) is 5.77. The van der Waals surface area contributed by atoms with Crippen molar-refractivity contribution in [3.63, 3.8) is 0 Å². The molecule has 4 amide bonds. The number of nitrogens with zero attached hydrogens (tertiary/aromatic N) is 5. The van der Waals surface area contributed by atoms with Crippen molar-refractivity contribution in [2.45, 2.75) is 38.6 Å². The molecule has 3 aromatic carbocycles. The first kappa shape index (κ1) is 32.0. The summed E-state index contributed by atoms with van der Waals surface area (Å²) in [6.07, 6.45) is 4.47. The summed E-state index contributed by atoms with van der Waals surface area (Å²) in [6.45, 7) is 6.31. The summed E-state index contributed by atoms with van der Waals surface area (Å²) in [7, 11) is 1.71. The Morgan fingerprint density at radius 1 is 1.09 bits per heavy atom. The third-order valence-corrected chi connectivity index (χ3v) is 7.98. The molecule has 0 unspecified atom stereocenters. The monoisotopic (exact) mass is 621 g/mol. The lowest BCUT2D eigenvalue weighted by atomic mass is 10.0. The Morgan fingerprint density at radius 3 is 2.52 bits per heavy atom. The van der Waals surface area contributed by atoms with Crippen molar-refractivity contribution in [1.82, 2.24) is 35.1 Å². The second-order valence-electron chi connectivity index (χ2n) is 11.3. The number of H-pyrrole nitrogens is 1. The largest absolute Gasteiger partial charge is 0.508 e. The summed E-state index contributed by atoms with van der Waals surface area (Å²) < 4.78 is 0. The number of carbonyl (C=O) groups excluding carboxylic acids is 3. The second-order valence-corrected chi connectivity index (χ2v) is 11.3. The molecule has 0 radical (unpaired) electrons. The predicted octanol–water partition coefficient (Wildman–Crippen LogP) is 4.16. The van der Waals surface area contributed by atoms with Gasteiger partial charge in [-0.25, -0.2) is 19.8 Å². The molecule has 0 bridgehead atoms. The first-order valence-electron chi connectivity index (χ1n) is 15.1. The van der Waals surface area contributed by atoms with Crippen LogP contribution >= 0.6 is 0 Å². The predicted molar refractivity (Wildman–Crippen MR) is 175 cm³/mol. The number of rotatable bonds is 11. The van der Waals surface area contributed by atoms with Gasteiger partial charge in [-0.1, -0.05) is 66.7 Å². The van der Waals surface area contributed by atoms with Crippen molar-refractivity contribution < 1.29 is 19.5 Å². The third-order valence-electron chi connectivity index (χ3n) is 7.98. The number of carbonyl (C=O) groups is 3. The normalized spacial score (nSPS) is 15.8. The maximum atomic E-state index is 14.3. The minimum absolute atomic E-state index is 0.101. The van der Waals surface area contributed by atoms with Crippen LogP contribution in [0.4, 0.5) is 4.79 Å². The number of phenolic OH excluding ortho intramolecular Hbond substituents is 1. The number of likely N-dealkylation sites (N-methyl/N-ethyl adjacent to an activating group) is 1. The molecule has 1 aliphatic rings. The lowest BCUT2D eigenvalue weighted by Crippen LogP contribution is -2.70. The number of phenols is 1. The van der Waals surface area contributed by atoms with Gasteiger partial charge in [0.2, 0.25) is 11.8 Å². The van der Waals surface area contributed by atoms with E-state index in [1.54, 1.807) is 66.6 Å². The van der Waals surface area contributed by atoms with E-state index in [-0.39, 0.29) is 37.1 Å². The van der Waals surface area contributed by atoms with Gasteiger partial charge >= 0.3 is 6.03 Å². The summed E-state index contributed by atoms with van der Waals surface area (Å²) in [5.41, 5.74) is 3.48. The number of benzene rings is 3. The topological polar surface area (TPSA) is 125 Å². The van der Waals surface area contributed by atoms with Gasteiger partial charge in [-0.3, -0.25) is 9.59 Å². The molecule has 11 nitrogen and oxygen atoms in total. The van der Waals surface area contributed by atoms with Crippen LogP contribution in [0.1, 0.15) is 23.6 Å². The van der Waals surface area contributed by atoms with Crippen LogP contribution in [0.2, 0.25) is 0 Å². The summed E-state index contributed by atoms with van der Waals surface area (Å²) in [6, 6.07) is 22.6. The average Bonchev–Trinajstić information content (AvgIpc) is 3.60. The molecule has 238 valence electrons. The maximum absolute atomic E-state index is 14.3. The van der Waals surface area contributed by atoms with Gasteiger partial charge in [0.15, 0.2) is 0 Å². The highest BCUT2D eigenvalue weighted by molar-refractivity contribution is 5.90. The second kappa shape index (κ2) is 14.6. The molecule has 1 aromatic heterocycles. The van der Waals surface area contributed by atoms with Crippen molar-refractivity contribution >= 4 is 17.8 Å². The lowest BCUT2D eigenvalue weighted by Gasteiger charge is -2.50. The molecule has 11 heteroatoms.